The molecule has 4 aromatic carbocycles. The molecule has 0 fully saturated rings. The van der Waals surface area contributed by atoms with Gasteiger partial charge in [-0.3, -0.25) is 19.7 Å². The van der Waals surface area contributed by atoms with Crippen molar-refractivity contribution in [2.75, 3.05) is 4.90 Å². The first-order valence-electron chi connectivity index (χ1n) is 12.0. The Morgan fingerprint density at radius 1 is 0.821 bits per heavy atom. The maximum Gasteiger partial charge on any atom is 0.338 e. The number of benzene rings is 4. The van der Waals surface area contributed by atoms with E-state index in [1.165, 1.54) is 42.5 Å². The third-order valence-corrected chi connectivity index (χ3v) is 6.42. The number of anilines is 1. The highest BCUT2D eigenvalue weighted by Crippen LogP contribution is 2.31. The number of imide groups is 1. The zero-order chi connectivity index (χ0) is 27.7. The molecule has 0 unspecified atom stereocenters. The molecule has 2 amide bonds. The van der Waals surface area contributed by atoms with E-state index in [0.717, 1.165) is 16.0 Å². The molecule has 4 aromatic rings. The van der Waals surface area contributed by atoms with Crippen LogP contribution in [0.3, 0.4) is 0 Å². The van der Waals surface area contributed by atoms with Crippen LogP contribution in [0.15, 0.2) is 84.9 Å². The van der Waals surface area contributed by atoms with Crippen LogP contribution >= 0.6 is 0 Å². The first-order chi connectivity index (χ1) is 18.7. The van der Waals surface area contributed by atoms with Crippen molar-refractivity contribution in [1.29, 1.82) is 0 Å². The second kappa shape index (κ2) is 10.2. The molecule has 0 radical (unpaired) electrons. The van der Waals surface area contributed by atoms with Crippen molar-refractivity contribution in [2.45, 2.75) is 20.5 Å². The van der Waals surface area contributed by atoms with Gasteiger partial charge in [-0.25, -0.2) is 9.69 Å². The van der Waals surface area contributed by atoms with Gasteiger partial charge in [-0.05, 0) is 85.1 Å². The summed E-state index contributed by atoms with van der Waals surface area (Å²) in [6.07, 6.45) is 0. The predicted molar refractivity (Wildman–Crippen MR) is 142 cm³/mol. The predicted octanol–water partition coefficient (Wildman–Crippen LogP) is 6.16. The number of nitro benzene ring substituents is 1. The van der Waals surface area contributed by atoms with Gasteiger partial charge < -0.3 is 9.47 Å². The standard InChI is InChI=1S/C30H22N2O7/c1-18-6-8-23(14-19(18)2)31-28(33)26-13-7-21(16-27(26)29(31)34)30(35)38-17-20-4-3-5-25(15-20)39-24-11-9-22(10-12-24)32(36)37/h3-16H,17H2,1-2H3. The second-order valence-electron chi connectivity index (χ2n) is 9.05. The zero-order valence-electron chi connectivity index (χ0n) is 21.0. The van der Waals surface area contributed by atoms with Gasteiger partial charge in [0.15, 0.2) is 0 Å². The molecule has 0 atom stereocenters. The molecule has 5 rings (SSSR count). The summed E-state index contributed by atoms with van der Waals surface area (Å²) in [7, 11) is 0. The van der Waals surface area contributed by atoms with E-state index in [9.17, 15) is 24.5 Å². The van der Waals surface area contributed by atoms with Crippen molar-refractivity contribution < 1.29 is 28.8 Å². The zero-order valence-corrected chi connectivity index (χ0v) is 21.0. The molecule has 0 N–H and O–H groups in total. The number of non-ortho nitro benzene ring substituents is 1. The monoisotopic (exact) mass is 522 g/mol. The van der Waals surface area contributed by atoms with Crippen molar-refractivity contribution in [3.05, 3.63) is 128 Å². The van der Waals surface area contributed by atoms with Gasteiger partial charge in [0, 0.05) is 12.1 Å². The molecule has 0 aromatic heterocycles. The Labute approximate surface area is 223 Å². The van der Waals surface area contributed by atoms with E-state index in [4.69, 9.17) is 9.47 Å². The molecule has 9 nitrogen and oxygen atoms in total. The van der Waals surface area contributed by atoms with E-state index >= 15 is 0 Å². The summed E-state index contributed by atoms with van der Waals surface area (Å²) in [4.78, 5) is 50.3. The molecule has 1 heterocycles. The fourth-order valence-electron chi connectivity index (χ4n) is 4.17. The average molecular weight is 523 g/mol. The lowest BCUT2D eigenvalue weighted by molar-refractivity contribution is -0.384. The number of carbonyl (C=O) groups excluding carboxylic acids is 3. The molecule has 1 aliphatic rings. The molecular weight excluding hydrogens is 500 g/mol. The van der Waals surface area contributed by atoms with E-state index in [0.29, 0.717) is 22.7 Å². The van der Waals surface area contributed by atoms with Crippen molar-refractivity contribution in [3.63, 3.8) is 0 Å². The minimum atomic E-state index is -0.649. The van der Waals surface area contributed by atoms with E-state index in [-0.39, 0.29) is 29.0 Å². The maximum atomic E-state index is 13.1. The lowest BCUT2D eigenvalue weighted by atomic mass is 10.1. The first kappa shape index (κ1) is 25.3. The summed E-state index contributed by atoms with van der Waals surface area (Å²) < 4.78 is 11.2. The number of carbonyl (C=O) groups is 3. The Morgan fingerprint density at radius 3 is 2.28 bits per heavy atom. The van der Waals surface area contributed by atoms with Crippen molar-refractivity contribution >= 4 is 29.2 Å². The van der Waals surface area contributed by atoms with Crippen LogP contribution in [0.4, 0.5) is 11.4 Å². The van der Waals surface area contributed by atoms with Gasteiger partial charge in [0.2, 0.25) is 0 Å². The summed E-state index contributed by atoms with van der Waals surface area (Å²) in [6.45, 7) is 3.79. The molecule has 0 saturated heterocycles. The SMILES string of the molecule is Cc1ccc(N2C(=O)c3ccc(C(=O)OCc4cccc(Oc5ccc([N+](=O)[O-])cc5)c4)cc3C2=O)cc1C. The molecule has 1 aliphatic heterocycles. The van der Waals surface area contributed by atoms with Gasteiger partial charge in [0.25, 0.3) is 17.5 Å². The van der Waals surface area contributed by atoms with Gasteiger partial charge in [-0.2, -0.15) is 0 Å². The molecule has 194 valence electrons. The van der Waals surface area contributed by atoms with Crippen molar-refractivity contribution in [1.82, 2.24) is 0 Å². The number of esters is 1. The summed E-state index contributed by atoms with van der Waals surface area (Å²) in [5.41, 5.74) is 3.60. The van der Waals surface area contributed by atoms with E-state index < -0.39 is 22.7 Å². The molecule has 9 heteroatoms. The largest absolute Gasteiger partial charge is 0.457 e. The van der Waals surface area contributed by atoms with E-state index in [2.05, 4.69) is 0 Å². The number of nitrogens with zero attached hydrogens (tertiary/aromatic N) is 2. The number of fused-ring (bicyclic) bond motifs is 1. The molecule has 39 heavy (non-hydrogen) atoms. The fourth-order valence-corrected chi connectivity index (χ4v) is 4.17. The Bertz CT molecular complexity index is 1640. The lowest BCUT2D eigenvalue weighted by Gasteiger charge is -2.15. The van der Waals surface area contributed by atoms with Crippen LogP contribution in [-0.4, -0.2) is 22.7 Å². The van der Waals surface area contributed by atoms with Crippen LogP contribution in [-0.2, 0) is 11.3 Å². The normalized spacial score (nSPS) is 12.3. The topological polar surface area (TPSA) is 116 Å². The number of hydrogen-bond donors (Lipinski definition) is 0. The second-order valence-corrected chi connectivity index (χ2v) is 9.05. The van der Waals surface area contributed by atoms with Gasteiger partial charge in [-0.15, -0.1) is 0 Å². The highest BCUT2D eigenvalue weighted by molar-refractivity contribution is 6.34. The Hall–Kier alpha value is -5.31. The fraction of sp³-hybridized carbons (Fsp3) is 0.100. The number of rotatable bonds is 7. The van der Waals surface area contributed by atoms with Gasteiger partial charge in [0.1, 0.15) is 18.1 Å². The Kier molecular flexibility index (Phi) is 6.64. The summed E-state index contributed by atoms with van der Waals surface area (Å²) in [6, 6.07) is 22.2. The average Bonchev–Trinajstić information content (AvgIpc) is 3.18. The van der Waals surface area contributed by atoms with Crippen LogP contribution in [0.25, 0.3) is 0 Å². The quantitative estimate of drug-likeness (QED) is 0.123. The van der Waals surface area contributed by atoms with Crippen LogP contribution < -0.4 is 9.64 Å². The molecule has 0 saturated carbocycles. The molecule has 0 aliphatic carbocycles. The van der Waals surface area contributed by atoms with Crippen LogP contribution in [0, 0.1) is 24.0 Å². The van der Waals surface area contributed by atoms with Gasteiger partial charge >= 0.3 is 5.97 Å². The van der Waals surface area contributed by atoms with Crippen LogP contribution in [0.5, 0.6) is 11.5 Å². The van der Waals surface area contributed by atoms with Gasteiger partial charge in [0.05, 0.1) is 27.3 Å². The van der Waals surface area contributed by atoms with Crippen molar-refractivity contribution in [3.8, 4) is 11.5 Å². The summed E-state index contributed by atoms with van der Waals surface area (Å²) in [5, 5.41) is 10.8. The van der Waals surface area contributed by atoms with Crippen molar-refractivity contribution in [2.24, 2.45) is 0 Å². The maximum absolute atomic E-state index is 13.1. The highest BCUT2D eigenvalue weighted by atomic mass is 16.6. The number of ether oxygens (including phenoxy) is 2. The molecular formula is C30H22N2O7. The summed E-state index contributed by atoms with van der Waals surface area (Å²) in [5.74, 6) is -0.705. The number of amides is 2. The Morgan fingerprint density at radius 2 is 1.56 bits per heavy atom. The minimum absolute atomic E-state index is 0.0430. The third-order valence-electron chi connectivity index (χ3n) is 6.42. The molecule has 0 spiro atoms. The lowest BCUT2D eigenvalue weighted by Crippen LogP contribution is -2.29. The van der Waals surface area contributed by atoms with E-state index in [1.807, 2.05) is 19.9 Å². The smallest absolute Gasteiger partial charge is 0.338 e. The number of aryl methyl sites for hydroxylation is 2. The Balaban J connectivity index is 1.26. The van der Waals surface area contributed by atoms with E-state index in [1.54, 1.807) is 36.4 Å². The van der Waals surface area contributed by atoms with Crippen LogP contribution in [0.1, 0.15) is 47.8 Å². The number of hydrogen-bond acceptors (Lipinski definition) is 7. The van der Waals surface area contributed by atoms with Crippen LogP contribution in [0.2, 0.25) is 0 Å². The van der Waals surface area contributed by atoms with Gasteiger partial charge in [-0.1, -0.05) is 18.2 Å². The molecule has 0 bridgehead atoms. The third kappa shape index (κ3) is 5.10. The summed E-state index contributed by atoms with van der Waals surface area (Å²) >= 11 is 0. The first-order valence-corrected chi connectivity index (χ1v) is 12.0. The number of nitro groups is 1. The highest BCUT2D eigenvalue weighted by Gasteiger charge is 2.37. The minimum Gasteiger partial charge on any atom is -0.457 e.